The van der Waals surface area contributed by atoms with Crippen LogP contribution in [0.25, 0.3) is 0 Å². The van der Waals surface area contributed by atoms with E-state index in [0.29, 0.717) is 10.8 Å². The molecule has 2 rings (SSSR count). The van der Waals surface area contributed by atoms with Gasteiger partial charge in [0, 0.05) is 17.6 Å². The largest absolute Gasteiger partial charge is 0.479 e. The predicted octanol–water partition coefficient (Wildman–Crippen LogP) is 3.88. The summed E-state index contributed by atoms with van der Waals surface area (Å²) >= 11 is 9.42. The molecule has 0 saturated carbocycles. The number of carbonyl (C=O) groups excluding carboxylic acids is 1. The molecular formula is C14H17BrClNO2. The van der Waals surface area contributed by atoms with E-state index in [4.69, 9.17) is 16.3 Å². The van der Waals surface area contributed by atoms with Gasteiger partial charge in [0.15, 0.2) is 6.10 Å². The molecule has 0 bridgehead atoms. The van der Waals surface area contributed by atoms with Gasteiger partial charge in [0.2, 0.25) is 0 Å². The van der Waals surface area contributed by atoms with Gasteiger partial charge >= 0.3 is 0 Å². The van der Waals surface area contributed by atoms with E-state index < -0.39 is 6.10 Å². The van der Waals surface area contributed by atoms with Crippen LogP contribution in [-0.2, 0) is 4.79 Å². The maximum atomic E-state index is 12.2. The second kappa shape index (κ2) is 6.62. The smallest absolute Gasteiger partial charge is 0.263 e. The molecule has 104 valence electrons. The molecule has 1 aliphatic heterocycles. The molecule has 0 spiro atoms. The van der Waals surface area contributed by atoms with Crippen LogP contribution in [0.5, 0.6) is 5.75 Å². The van der Waals surface area contributed by atoms with Gasteiger partial charge in [0.25, 0.3) is 5.91 Å². The van der Waals surface area contributed by atoms with Crippen LogP contribution in [0.15, 0.2) is 22.7 Å². The summed E-state index contributed by atoms with van der Waals surface area (Å²) in [6.45, 7) is 3.44. The molecular weight excluding hydrogens is 330 g/mol. The second-order valence-corrected chi connectivity index (χ2v) is 6.04. The molecule has 1 amide bonds. The number of nitrogens with zero attached hydrogens (tertiary/aromatic N) is 1. The first kappa shape index (κ1) is 14.7. The van der Waals surface area contributed by atoms with Crippen LogP contribution < -0.4 is 4.74 Å². The van der Waals surface area contributed by atoms with Crippen LogP contribution >= 0.6 is 27.5 Å². The van der Waals surface area contributed by atoms with Crippen molar-refractivity contribution in [2.45, 2.75) is 32.3 Å². The average molecular weight is 347 g/mol. The molecule has 0 radical (unpaired) electrons. The van der Waals surface area contributed by atoms with Crippen LogP contribution in [-0.4, -0.2) is 30.0 Å². The molecule has 1 aromatic carbocycles. The first-order chi connectivity index (χ1) is 9.08. The highest BCUT2D eigenvalue weighted by atomic mass is 79.9. The number of carbonyl (C=O) groups is 1. The van der Waals surface area contributed by atoms with E-state index in [-0.39, 0.29) is 5.91 Å². The number of amides is 1. The monoisotopic (exact) mass is 345 g/mol. The molecule has 0 aromatic heterocycles. The van der Waals surface area contributed by atoms with E-state index in [1.165, 1.54) is 6.42 Å². The Morgan fingerprint density at radius 1 is 1.37 bits per heavy atom. The zero-order chi connectivity index (χ0) is 13.8. The number of ether oxygens (including phenoxy) is 1. The normalized spacial score (nSPS) is 17.1. The summed E-state index contributed by atoms with van der Waals surface area (Å²) in [6.07, 6.45) is 2.86. The number of piperidine rings is 1. The highest BCUT2D eigenvalue weighted by molar-refractivity contribution is 9.10. The Balaban J connectivity index is 1.99. The number of benzene rings is 1. The fourth-order valence-corrected chi connectivity index (χ4v) is 2.90. The van der Waals surface area contributed by atoms with Gasteiger partial charge in [-0.1, -0.05) is 27.5 Å². The van der Waals surface area contributed by atoms with E-state index in [9.17, 15) is 4.79 Å². The van der Waals surface area contributed by atoms with Crippen molar-refractivity contribution in [2.24, 2.45) is 0 Å². The van der Waals surface area contributed by atoms with Crippen LogP contribution in [0.2, 0.25) is 5.02 Å². The summed E-state index contributed by atoms with van der Waals surface area (Å²) in [6, 6.07) is 5.38. The van der Waals surface area contributed by atoms with Gasteiger partial charge in [-0.15, -0.1) is 0 Å². The van der Waals surface area contributed by atoms with Gasteiger partial charge < -0.3 is 9.64 Å². The molecule has 5 heteroatoms. The topological polar surface area (TPSA) is 29.5 Å². The third kappa shape index (κ3) is 3.86. The molecule has 1 aliphatic rings. The number of likely N-dealkylation sites (tertiary alicyclic amines) is 1. The van der Waals surface area contributed by atoms with Crippen LogP contribution in [0.1, 0.15) is 26.2 Å². The van der Waals surface area contributed by atoms with Crippen LogP contribution in [0.3, 0.4) is 0 Å². The van der Waals surface area contributed by atoms with Crippen molar-refractivity contribution < 1.29 is 9.53 Å². The Kier molecular flexibility index (Phi) is 5.11. The van der Waals surface area contributed by atoms with Crippen molar-refractivity contribution in [3.8, 4) is 5.75 Å². The van der Waals surface area contributed by atoms with Gasteiger partial charge in [-0.3, -0.25) is 4.79 Å². The van der Waals surface area contributed by atoms with E-state index in [2.05, 4.69) is 15.9 Å². The van der Waals surface area contributed by atoms with Crippen LogP contribution in [0, 0.1) is 0 Å². The maximum absolute atomic E-state index is 12.2. The molecule has 0 unspecified atom stereocenters. The first-order valence-electron chi connectivity index (χ1n) is 6.48. The molecule has 1 saturated heterocycles. The fraction of sp³-hybridized carbons (Fsp3) is 0.500. The zero-order valence-electron chi connectivity index (χ0n) is 10.9. The van der Waals surface area contributed by atoms with Crippen molar-refractivity contribution in [2.75, 3.05) is 13.1 Å². The van der Waals surface area contributed by atoms with E-state index in [0.717, 1.165) is 30.4 Å². The van der Waals surface area contributed by atoms with E-state index in [1.807, 2.05) is 11.0 Å². The number of hydrogen-bond donors (Lipinski definition) is 0. The SMILES string of the molecule is C[C@@H](Oc1ccc(Br)cc1Cl)C(=O)N1CCCCC1. The summed E-state index contributed by atoms with van der Waals surface area (Å²) < 4.78 is 6.56. The average Bonchev–Trinajstić information content (AvgIpc) is 2.42. The third-order valence-corrected chi connectivity index (χ3v) is 4.00. The summed E-state index contributed by atoms with van der Waals surface area (Å²) in [5, 5.41) is 0.507. The highest BCUT2D eigenvalue weighted by Gasteiger charge is 2.23. The van der Waals surface area contributed by atoms with E-state index in [1.54, 1.807) is 19.1 Å². The molecule has 0 aliphatic carbocycles. The van der Waals surface area contributed by atoms with Crippen LogP contribution in [0.4, 0.5) is 0 Å². The Morgan fingerprint density at radius 2 is 2.05 bits per heavy atom. The van der Waals surface area contributed by atoms with Gasteiger partial charge in [0.1, 0.15) is 5.75 Å². The lowest BCUT2D eigenvalue weighted by molar-refractivity contribution is -0.138. The van der Waals surface area contributed by atoms with Crippen molar-refractivity contribution in [3.05, 3.63) is 27.7 Å². The lowest BCUT2D eigenvalue weighted by atomic mass is 10.1. The Morgan fingerprint density at radius 3 is 2.68 bits per heavy atom. The number of hydrogen-bond acceptors (Lipinski definition) is 2. The van der Waals surface area contributed by atoms with Crippen molar-refractivity contribution in [1.82, 2.24) is 4.90 Å². The lowest BCUT2D eigenvalue weighted by Crippen LogP contribution is -2.43. The van der Waals surface area contributed by atoms with Crippen molar-refractivity contribution >= 4 is 33.4 Å². The summed E-state index contributed by atoms with van der Waals surface area (Å²) in [4.78, 5) is 14.1. The van der Waals surface area contributed by atoms with Crippen molar-refractivity contribution in [1.29, 1.82) is 0 Å². The molecule has 1 aromatic rings. The summed E-state index contributed by atoms with van der Waals surface area (Å²) in [5.74, 6) is 0.585. The Bertz CT molecular complexity index is 461. The predicted molar refractivity (Wildman–Crippen MR) is 79.7 cm³/mol. The van der Waals surface area contributed by atoms with Crippen molar-refractivity contribution in [3.63, 3.8) is 0 Å². The molecule has 1 heterocycles. The summed E-state index contributed by atoms with van der Waals surface area (Å²) in [7, 11) is 0. The van der Waals surface area contributed by atoms with E-state index >= 15 is 0 Å². The molecule has 3 nitrogen and oxygen atoms in total. The Hall–Kier alpha value is -0.740. The minimum atomic E-state index is -0.503. The first-order valence-corrected chi connectivity index (χ1v) is 7.65. The number of rotatable bonds is 3. The molecule has 1 fully saturated rings. The molecule has 19 heavy (non-hydrogen) atoms. The molecule has 1 atom stereocenters. The fourth-order valence-electron chi connectivity index (χ4n) is 2.18. The lowest BCUT2D eigenvalue weighted by Gasteiger charge is -2.29. The Labute approximate surface area is 127 Å². The standard InChI is InChI=1S/C14H17BrClNO2/c1-10(14(18)17-7-3-2-4-8-17)19-13-6-5-11(15)9-12(13)16/h5-6,9-10H,2-4,7-8H2,1H3/t10-/m1/s1. The summed E-state index contributed by atoms with van der Waals surface area (Å²) in [5.41, 5.74) is 0. The highest BCUT2D eigenvalue weighted by Crippen LogP contribution is 2.28. The van der Waals surface area contributed by atoms with Gasteiger partial charge in [-0.25, -0.2) is 0 Å². The minimum Gasteiger partial charge on any atom is -0.479 e. The molecule has 0 N–H and O–H groups in total. The zero-order valence-corrected chi connectivity index (χ0v) is 13.2. The quantitative estimate of drug-likeness (QED) is 0.831. The third-order valence-electron chi connectivity index (χ3n) is 3.21. The second-order valence-electron chi connectivity index (χ2n) is 4.72. The van der Waals surface area contributed by atoms with Gasteiger partial charge in [-0.2, -0.15) is 0 Å². The minimum absolute atomic E-state index is 0.0404. The van der Waals surface area contributed by atoms with Gasteiger partial charge in [-0.05, 0) is 44.4 Å². The van der Waals surface area contributed by atoms with Gasteiger partial charge in [0.05, 0.1) is 5.02 Å². The number of halogens is 2. The maximum Gasteiger partial charge on any atom is 0.263 e.